The van der Waals surface area contributed by atoms with E-state index in [-0.39, 0.29) is 6.04 Å². The fourth-order valence-corrected chi connectivity index (χ4v) is 3.90. The second kappa shape index (κ2) is 8.45. The highest BCUT2D eigenvalue weighted by Gasteiger charge is 2.30. The van der Waals surface area contributed by atoms with Gasteiger partial charge in [-0.2, -0.15) is 0 Å². The average Bonchev–Trinajstić information content (AvgIpc) is 2.79. The van der Waals surface area contributed by atoms with Gasteiger partial charge < -0.3 is 14.8 Å². The topological polar surface area (TPSA) is 72.4 Å². The number of methoxy groups -OCH3 is 2. The first-order chi connectivity index (χ1) is 14.2. The maximum Gasteiger partial charge on any atom is 0.222 e. The first kappa shape index (κ1) is 19.1. The Morgan fingerprint density at radius 2 is 1.76 bits per heavy atom. The Labute approximate surface area is 170 Å². The molecule has 7 heteroatoms. The highest BCUT2D eigenvalue weighted by molar-refractivity contribution is 5.51. The molecule has 0 spiro atoms. The Morgan fingerprint density at radius 3 is 2.41 bits per heavy atom. The molecule has 150 valence electrons. The maximum atomic E-state index is 5.58. The molecule has 29 heavy (non-hydrogen) atoms. The van der Waals surface area contributed by atoms with Gasteiger partial charge in [0.2, 0.25) is 5.95 Å². The van der Waals surface area contributed by atoms with Crippen LogP contribution in [0.4, 0.5) is 5.95 Å². The van der Waals surface area contributed by atoms with Crippen molar-refractivity contribution >= 4 is 5.95 Å². The SMILES string of the molecule is CNc1ncc(CN2CCc3cc(OC)c(OC)cc3[C@@H]2c2ccncc2)cn1. The van der Waals surface area contributed by atoms with Crippen LogP contribution in [0.15, 0.2) is 49.1 Å². The lowest BCUT2D eigenvalue weighted by Crippen LogP contribution is -2.35. The monoisotopic (exact) mass is 391 g/mol. The molecule has 3 heterocycles. The third-order valence-electron chi connectivity index (χ3n) is 5.31. The number of anilines is 1. The highest BCUT2D eigenvalue weighted by atomic mass is 16.5. The summed E-state index contributed by atoms with van der Waals surface area (Å²) in [7, 11) is 5.17. The number of hydrogen-bond donors (Lipinski definition) is 1. The van der Waals surface area contributed by atoms with E-state index < -0.39 is 0 Å². The van der Waals surface area contributed by atoms with Crippen LogP contribution in [0.5, 0.6) is 11.5 Å². The second-order valence-corrected chi connectivity index (χ2v) is 6.97. The van der Waals surface area contributed by atoms with Gasteiger partial charge in [0.05, 0.1) is 20.3 Å². The van der Waals surface area contributed by atoms with E-state index in [2.05, 4.69) is 49.4 Å². The number of nitrogens with zero attached hydrogens (tertiary/aromatic N) is 4. The minimum Gasteiger partial charge on any atom is -0.493 e. The van der Waals surface area contributed by atoms with Gasteiger partial charge in [-0.15, -0.1) is 0 Å². The van der Waals surface area contributed by atoms with Crippen LogP contribution in [-0.2, 0) is 13.0 Å². The Morgan fingerprint density at radius 1 is 1.07 bits per heavy atom. The van der Waals surface area contributed by atoms with Gasteiger partial charge in [-0.1, -0.05) is 0 Å². The molecule has 1 N–H and O–H groups in total. The molecule has 3 aromatic rings. The van der Waals surface area contributed by atoms with E-state index in [4.69, 9.17) is 9.47 Å². The van der Waals surface area contributed by atoms with Crippen LogP contribution < -0.4 is 14.8 Å². The quantitative estimate of drug-likeness (QED) is 0.692. The lowest BCUT2D eigenvalue weighted by atomic mass is 9.87. The van der Waals surface area contributed by atoms with Crippen LogP contribution >= 0.6 is 0 Å². The number of fused-ring (bicyclic) bond motifs is 1. The molecule has 4 rings (SSSR count). The molecule has 0 radical (unpaired) electrons. The molecular weight excluding hydrogens is 366 g/mol. The van der Waals surface area contributed by atoms with E-state index in [0.29, 0.717) is 5.95 Å². The molecule has 0 amide bonds. The van der Waals surface area contributed by atoms with Crippen LogP contribution in [-0.4, -0.2) is 47.7 Å². The first-order valence-electron chi connectivity index (χ1n) is 9.61. The average molecular weight is 391 g/mol. The number of aromatic nitrogens is 3. The van der Waals surface area contributed by atoms with Crippen molar-refractivity contribution in [1.82, 2.24) is 19.9 Å². The normalized spacial score (nSPS) is 16.2. The number of benzene rings is 1. The van der Waals surface area contributed by atoms with Crippen LogP contribution in [0.3, 0.4) is 0 Å². The Hall–Kier alpha value is -3.19. The van der Waals surface area contributed by atoms with Crippen molar-refractivity contribution in [2.45, 2.75) is 19.0 Å². The molecule has 2 aromatic heterocycles. The van der Waals surface area contributed by atoms with Crippen LogP contribution in [0.2, 0.25) is 0 Å². The molecule has 0 unspecified atom stereocenters. The van der Waals surface area contributed by atoms with Gasteiger partial charge in [0.25, 0.3) is 0 Å². The molecule has 1 atom stereocenters. The van der Waals surface area contributed by atoms with Gasteiger partial charge >= 0.3 is 0 Å². The van der Waals surface area contributed by atoms with Crippen molar-refractivity contribution in [3.05, 3.63) is 71.3 Å². The first-order valence-corrected chi connectivity index (χ1v) is 9.61. The molecule has 7 nitrogen and oxygen atoms in total. The van der Waals surface area contributed by atoms with Gasteiger partial charge in [-0.05, 0) is 47.4 Å². The van der Waals surface area contributed by atoms with Crippen molar-refractivity contribution < 1.29 is 9.47 Å². The molecule has 0 saturated heterocycles. The standard InChI is InChI=1S/C22H25N5O2/c1-23-22-25-12-15(13-26-22)14-27-9-6-17-10-19(28-2)20(29-3)11-18(17)21(27)16-4-7-24-8-5-16/h4-5,7-8,10-13,21H,6,9,14H2,1-3H3,(H,23,25,26)/t21-/m0/s1. The number of hydrogen-bond acceptors (Lipinski definition) is 7. The fraction of sp³-hybridized carbons (Fsp3) is 0.318. The van der Waals surface area contributed by atoms with E-state index in [9.17, 15) is 0 Å². The van der Waals surface area contributed by atoms with Gasteiger partial charge in [0.15, 0.2) is 11.5 Å². The minimum atomic E-state index is 0.0885. The smallest absolute Gasteiger partial charge is 0.222 e. The van der Waals surface area contributed by atoms with Crippen molar-refractivity contribution in [1.29, 1.82) is 0 Å². The van der Waals surface area contributed by atoms with Gasteiger partial charge in [-0.3, -0.25) is 9.88 Å². The summed E-state index contributed by atoms with van der Waals surface area (Å²) in [6.45, 7) is 1.67. The maximum absolute atomic E-state index is 5.58. The zero-order valence-electron chi connectivity index (χ0n) is 16.9. The van der Waals surface area contributed by atoms with Crippen LogP contribution in [0, 0.1) is 0 Å². The lowest BCUT2D eigenvalue weighted by molar-refractivity contribution is 0.203. The third kappa shape index (κ3) is 3.86. The van der Waals surface area contributed by atoms with E-state index in [1.807, 2.05) is 31.8 Å². The van der Waals surface area contributed by atoms with Gasteiger partial charge in [0.1, 0.15) is 0 Å². The summed E-state index contributed by atoms with van der Waals surface area (Å²) < 4.78 is 11.1. The highest BCUT2D eigenvalue weighted by Crippen LogP contribution is 2.41. The number of rotatable bonds is 6. The van der Waals surface area contributed by atoms with E-state index >= 15 is 0 Å². The molecule has 1 aliphatic heterocycles. The largest absolute Gasteiger partial charge is 0.493 e. The molecule has 0 saturated carbocycles. The van der Waals surface area contributed by atoms with Crippen molar-refractivity contribution in [3.8, 4) is 11.5 Å². The summed E-state index contributed by atoms with van der Waals surface area (Å²) in [6.07, 6.45) is 8.38. The predicted octanol–water partition coefficient (Wildman–Crippen LogP) is 3.08. The molecule has 0 aliphatic carbocycles. The molecule has 1 aromatic carbocycles. The summed E-state index contributed by atoms with van der Waals surface area (Å²) >= 11 is 0. The lowest BCUT2D eigenvalue weighted by Gasteiger charge is -2.38. The predicted molar refractivity (Wildman–Crippen MR) is 111 cm³/mol. The Balaban J connectivity index is 1.74. The molecule has 1 aliphatic rings. The summed E-state index contributed by atoms with van der Waals surface area (Å²) in [5, 5.41) is 2.96. The van der Waals surface area contributed by atoms with Crippen molar-refractivity contribution in [2.24, 2.45) is 0 Å². The fourth-order valence-electron chi connectivity index (χ4n) is 3.90. The van der Waals surface area contributed by atoms with Gasteiger partial charge in [0, 0.05) is 50.5 Å². The van der Waals surface area contributed by atoms with E-state index in [1.54, 1.807) is 14.2 Å². The number of ether oxygens (including phenoxy) is 2. The molecule has 0 bridgehead atoms. The zero-order valence-corrected chi connectivity index (χ0v) is 16.9. The summed E-state index contributed by atoms with van der Waals surface area (Å²) in [5.74, 6) is 2.14. The van der Waals surface area contributed by atoms with Crippen LogP contribution in [0.25, 0.3) is 0 Å². The van der Waals surface area contributed by atoms with Crippen molar-refractivity contribution in [3.63, 3.8) is 0 Å². The molecular formula is C22H25N5O2. The molecule has 0 fully saturated rings. The summed E-state index contributed by atoms with van der Waals surface area (Å²) in [6, 6.07) is 8.44. The summed E-state index contributed by atoms with van der Waals surface area (Å²) in [4.78, 5) is 15.4. The van der Waals surface area contributed by atoms with E-state index in [0.717, 1.165) is 36.6 Å². The Kier molecular flexibility index (Phi) is 5.57. The number of pyridine rings is 1. The Bertz CT molecular complexity index is 963. The summed E-state index contributed by atoms with van der Waals surface area (Å²) in [5.41, 5.74) is 4.78. The van der Waals surface area contributed by atoms with E-state index in [1.165, 1.54) is 16.7 Å². The number of nitrogens with one attached hydrogen (secondary N) is 1. The zero-order chi connectivity index (χ0) is 20.2. The second-order valence-electron chi connectivity index (χ2n) is 6.97. The van der Waals surface area contributed by atoms with Crippen molar-refractivity contribution in [2.75, 3.05) is 33.1 Å². The minimum absolute atomic E-state index is 0.0885. The van der Waals surface area contributed by atoms with Crippen LogP contribution in [0.1, 0.15) is 28.3 Å². The van der Waals surface area contributed by atoms with Gasteiger partial charge in [-0.25, -0.2) is 9.97 Å². The third-order valence-corrected chi connectivity index (χ3v) is 5.31.